The zero-order valence-corrected chi connectivity index (χ0v) is 12.7. The first kappa shape index (κ1) is 15.2. The van der Waals surface area contributed by atoms with E-state index in [9.17, 15) is 4.79 Å². The molecule has 1 aliphatic carbocycles. The largest absolute Gasteiger partial charge is 0.494 e. The number of ether oxygens (including phenoxy) is 1. The Morgan fingerprint density at radius 1 is 1.30 bits per heavy atom. The lowest BCUT2D eigenvalue weighted by Gasteiger charge is -2.30. The van der Waals surface area contributed by atoms with E-state index in [-0.39, 0.29) is 11.9 Å². The number of alkyl halides is 1. The lowest BCUT2D eigenvalue weighted by Crippen LogP contribution is -2.42. The molecule has 20 heavy (non-hydrogen) atoms. The summed E-state index contributed by atoms with van der Waals surface area (Å²) < 4.78 is 5.38. The summed E-state index contributed by atoms with van der Waals surface area (Å²) in [6, 6.07) is 7.48. The monoisotopic (exact) mass is 295 g/mol. The van der Waals surface area contributed by atoms with E-state index in [0.29, 0.717) is 24.0 Å². The summed E-state index contributed by atoms with van der Waals surface area (Å²) in [7, 11) is 0. The molecule has 1 aromatic carbocycles. The second-order valence-corrected chi connectivity index (χ2v) is 5.54. The van der Waals surface area contributed by atoms with E-state index >= 15 is 0 Å². The van der Waals surface area contributed by atoms with Gasteiger partial charge in [-0.2, -0.15) is 0 Å². The van der Waals surface area contributed by atoms with Crippen LogP contribution in [0.4, 0.5) is 0 Å². The van der Waals surface area contributed by atoms with Gasteiger partial charge in [-0.1, -0.05) is 12.8 Å². The fraction of sp³-hybridized carbons (Fsp3) is 0.562. The fourth-order valence-electron chi connectivity index (χ4n) is 2.70. The van der Waals surface area contributed by atoms with E-state index < -0.39 is 0 Å². The Bertz CT molecular complexity index is 433. The number of carbonyl (C=O) groups is 1. The molecule has 110 valence electrons. The molecule has 1 aromatic rings. The van der Waals surface area contributed by atoms with Crippen molar-refractivity contribution in [3.63, 3.8) is 0 Å². The van der Waals surface area contributed by atoms with Crippen molar-refractivity contribution in [2.75, 3.05) is 12.5 Å². The van der Waals surface area contributed by atoms with E-state index in [1.807, 2.05) is 19.1 Å². The normalized spacial score (nSPS) is 22.3. The van der Waals surface area contributed by atoms with Crippen LogP contribution in [-0.4, -0.2) is 24.4 Å². The molecule has 4 heteroatoms. The molecular formula is C16H22ClNO2. The van der Waals surface area contributed by atoms with Crippen molar-refractivity contribution in [2.45, 2.75) is 38.6 Å². The van der Waals surface area contributed by atoms with Gasteiger partial charge in [-0.25, -0.2) is 0 Å². The number of halogens is 1. The predicted molar refractivity (Wildman–Crippen MR) is 81.5 cm³/mol. The summed E-state index contributed by atoms with van der Waals surface area (Å²) in [5, 5.41) is 3.12. The maximum absolute atomic E-state index is 12.2. The highest BCUT2D eigenvalue weighted by Crippen LogP contribution is 2.25. The molecule has 0 aromatic heterocycles. The molecule has 1 amide bonds. The zero-order chi connectivity index (χ0) is 14.4. The summed E-state index contributed by atoms with van der Waals surface area (Å²) in [5.41, 5.74) is 0.673. The van der Waals surface area contributed by atoms with Gasteiger partial charge in [0.25, 0.3) is 5.91 Å². The molecule has 0 heterocycles. The quantitative estimate of drug-likeness (QED) is 0.843. The number of benzene rings is 1. The summed E-state index contributed by atoms with van der Waals surface area (Å²) >= 11 is 5.99. The zero-order valence-electron chi connectivity index (χ0n) is 11.9. The van der Waals surface area contributed by atoms with Crippen molar-refractivity contribution in [1.29, 1.82) is 0 Å². The maximum atomic E-state index is 12.2. The number of hydrogen-bond donors (Lipinski definition) is 1. The standard InChI is InChI=1S/C16H22ClNO2/c1-2-20-14-9-7-12(8-10-14)16(19)18-15-6-4-3-5-13(15)11-17/h7-10,13,15H,2-6,11H2,1H3,(H,18,19). The lowest BCUT2D eigenvalue weighted by molar-refractivity contribution is 0.0911. The average molecular weight is 296 g/mol. The van der Waals surface area contributed by atoms with Gasteiger partial charge in [0.2, 0.25) is 0 Å². The first-order chi connectivity index (χ1) is 9.74. The van der Waals surface area contributed by atoms with Gasteiger partial charge in [-0.15, -0.1) is 11.6 Å². The first-order valence-corrected chi connectivity index (χ1v) is 7.87. The summed E-state index contributed by atoms with van der Waals surface area (Å²) in [6.07, 6.45) is 4.52. The number of rotatable bonds is 5. The molecule has 0 aliphatic heterocycles. The van der Waals surface area contributed by atoms with Gasteiger partial charge in [-0.3, -0.25) is 4.79 Å². The Hall–Kier alpha value is -1.22. The van der Waals surface area contributed by atoms with E-state index in [0.717, 1.165) is 18.6 Å². The van der Waals surface area contributed by atoms with Gasteiger partial charge in [0.15, 0.2) is 0 Å². The molecule has 0 spiro atoms. The molecule has 2 rings (SSSR count). The minimum absolute atomic E-state index is 0.0185. The van der Waals surface area contributed by atoms with Crippen LogP contribution in [0.5, 0.6) is 5.75 Å². The minimum Gasteiger partial charge on any atom is -0.494 e. The number of hydrogen-bond acceptors (Lipinski definition) is 2. The highest BCUT2D eigenvalue weighted by Gasteiger charge is 2.25. The summed E-state index contributed by atoms with van der Waals surface area (Å²) in [4.78, 5) is 12.2. The summed E-state index contributed by atoms with van der Waals surface area (Å²) in [6.45, 7) is 2.57. The highest BCUT2D eigenvalue weighted by molar-refractivity contribution is 6.18. The maximum Gasteiger partial charge on any atom is 0.251 e. The number of nitrogens with one attached hydrogen (secondary N) is 1. The van der Waals surface area contributed by atoms with E-state index in [1.165, 1.54) is 12.8 Å². The third kappa shape index (κ3) is 3.89. The van der Waals surface area contributed by atoms with Crippen LogP contribution in [0.3, 0.4) is 0 Å². The molecule has 0 saturated heterocycles. The second-order valence-electron chi connectivity index (χ2n) is 5.24. The van der Waals surface area contributed by atoms with Crippen LogP contribution in [0.25, 0.3) is 0 Å². The Labute approximate surface area is 125 Å². The smallest absolute Gasteiger partial charge is 0.251 e. The van der Waals surface area contributed by atoms with Gasteiger partial charge in [-0.05, 0) is 49.9 Å². The molecule has 2 atom stereocenters. The van der Waals surface area contributed by atoms with Crippen LogP contribution in [0, 0.1) is 5.92 Å². The van der Waals surface area contributed by atoms with E-state index in [1.54, 1.807) is 12.1 Å². The molecule has 1 fully saturated rings. The lowest BCUT2D eigenvalue weighted by atomic mass is 9.85. The topological polar surface area (TPSA) is 38.3 Å². The Morgan fingerprint density at radius 3 is 2.65 bits per heavy atom. The van der Waals surface area contributed by atoms with Gasteiger partial charge < -0.3 is 10.1 Å². The van der Waals surface area contributed by atoms with Crippen molar-refractivity contribution in [3.05, 3.63) is 29.8 Å². The van der Waals surface area contributed by atoms with Gasteiger partial charge in [0, 0.05) is 17.5 Å². The third-order valence-electron chi connectivity index (χ3n) is 3.85. The van der Waals surface area contributed by atoms with E-state index in [2.05, 4.69) is 5.32 Å². The molecule has 1 N–H and O–H groups in total. The van der Waals surface area contributed by atoms with Crippen LogP contribution in [0.1, 0.15) is 43.0 Å². The third-order valence-corrected chi connectivity index (χ3v) is 4.25. The van der Waals surface area contributed by atoms with E-state index in [4.69, 9.17) is 16.3 Å². The molecule has 0 radical (unpaired) electrons. The molecule has 2 unspecified atom stereocenters. The van der Waals surface area contributed by atoms with Crippen molar-refractivity contribution < 1.29 is 9.53 Å². The molecular weight excluding hydrogens is 274 g/mol. The van der Waals surface area contributed by atoms with Crippen LogP contribution >= 0.6 is 11.6 Å². The van der Waals surface area contributed by atoms with Crippen LogP contribution in [0.15, 0.2) is 24.3 Å². The van der Waals surface area contributed by atoms with Crippen LogP contribution < -0.4 is 10.1 Å². The molecule has 1 saturated carbocycles. The summed E-state index contributed by atoms with van der Waals surface area (Å²) in [5.74, 6) is 1.79. The second kappa shape index (κ2) is 7.53. The number of carbonyl (C=O) groups excluding carboxylic acids is 1. The van der Waals surface area contributed by atoms with Gasteiger partial charge in [0.1, 0.15) is 5.75 Å². The van der Waals surface area contributed by atoms with Crippen molar-refractivity contribution >= 4 is 17.5 Å². The predicted octanol–water partition coefficient (Wildman–Crippen LogP) is 3.61. The SMILES string of the molecule is CCOc1ccc(C(=O)NC2CCCCC2CCl)cc1. The highest BCUT2D eigenvalue weighted by atomic mass is 35.5. The number of amides is 1. The Morgan fingerprint density at radius 2 is 2.00 bits per heavy atom. The van der Waals surface area contributed by atoms with Crippen molar-refractivity contribution in [3.8, 4) is 5.75 Å². The van der Waals surface area contributed by atoms with Gasteiger partial charge in [0.05, 0.1) is 6.61 Å². The van der Waals surface area contributed by atoms with Crippen molar-refractivity contribution in [1.82, 2.24) is 5.32 Å². The average Bonchev–Trinajstić information content (AvgIpc) is 2.49. The van der Waals surface area contributed by atoms with Gasteiger partial charge >= 0.3 is 0 Å². The molecule has 0 bridgehead atoms. The first-order valence-electron chi connectivity index (χ1n) is 7.34. The van der Waals surface area contributed by atoms with Crippen molar-refractivity contribution in [2.24, 2.45) is 5.92 Å². The van der Waals surface area contributed by atoms with Crippen LogP contribution in [0.2, 0.25) is 0 Å². The Kier molecular flexibility index (Phi) is 5.72. The fourth-order valence-corrected chi connectivity index (χ4v) is 3.07. The minimum atomic E-state index is -0.0185. The Balaban J connectivity index is 1.96. The van der Waals surface area contributed by atoms with Crippen LogP contribution in [-0.2, 0) is 0 Å². The molecule has 3 nitrogen and oxygen atoms in total. The molecule has 1 aliphatic rings.